The van der Waals surface area contributed by atoms with Gasteiger partial charge >= 0.3 is 0 Å². The molecule has 1 amide bonds. The SMILES string of the molecule is CN1CCN(c2ccc(-c3ccc4ncn(C(C(=O)Nc5nccs5)c5ccccc5)c(=O)c4c3)cc2)CC1. The maximum atomic E-state index is 13.8. The van der Waals surface area contributed by atoms with Gasteiger partial charge in [-0.3, -0.25) is 19.5 Å². The number of benzene rings is 3. The summed E-state index contributed by atoms with van der Waals surface area (Å²) < 4.78 is 1.40. The summed E-state index contributed by atoms with van der Waals surface area (Å²) in [5, 5.41) is 5.56. The van der Waals surface area contributed by atoms with Gasteiger partial charge in [0.1, 0.15) is 6.04 Å². The van der Waals surface area contributed by atoms with Gasteiger partial charge in [0, 0.05) is 43.4 Å². The van der Waals surface area contributed by atoms with Crippen molar-refractivity contribution in [3.63, 3.8) is 0 Å². The van der Waals surface area contributed by atoms with Crippen molar-refractivity contribution in [2.45, 2.75) is 6.04 Å². The second-order valence-electron chi connectivity index (χ2n) is 9.67. The first-order valence-corrected chi connectivity index (χ1v) is 13.7. The number of carbonyl (C=O) groups is 1. The number of fused-ring (bicyclic) bond motifs is 1. The molecule has 3 aromatic carbocycles. The standard InChI is InChI=1S/C30H28N6O2S/c1-34-14-16-35(17-15-34)24-10-7-21(8-11-24)23-9-12-26-25(19-23)29(38)36(20-32-26)27(22-5-3-2-4-6-22)28(37)33-30-31-13-18-39-30/h2-13,18-20,27H,14-17H2,1H3,(H,31,33,37). The Hall–Kier alpha value is -4.34. The molecule has 1 atom stereocenters. The van der Waals surface area contributed by atoms with E-state index in [-0.39, 0.29) is 11.5 Å². The van der Waals surface area contributed by atoms with Crippen LogP contribution in [-0.4, -0.2) is 58.6 Å². The number of carbonyl (C=O) groups excluding carboxylic acids is 1. The lowest BCUT2D eigenvalue weighted by Crippen LogP contribution is -2.44. The summed E-state index contributed by atoms with van der Waals surface area (Å²) in [4.78, 5) is 40.7. The second-order valence-corrected chi connectivity index (χ2v) is 10.6. The summed E-state index contributed by atoms with van der Waals surface area (Å²) in [6, 6.07) is 22.5. The van der Waals surface area contributed by atoms with Crippen LogP contribution in [0.1, 0.15) is 11.6 Å². The van der Waals surface area contributed by atoms with E-state index in [4.69, 9.17) is 0 Å². The van der Waals surface area contributed by atoms with Crippen molar-refractivity contribution in [1.82, 2.24) is 19.4 Å². The quantitative estimate of drug-likeness (QED) is 0.344. The predicted octanol–water partition coefficient (Wildman–Crippen LogP) is 4.50. The lowest BCUT2D eigenvalue weighted by atomic mass is 10.0. The van der Waals surface area contributed by atoms with Crippen LogP contribution in [0.5, 0.6) is 0 Å². The zero-order valence-corrected chi connectivity index (χ0v) is 22.3. The first-order chi connectivity index (χ1) is 19.1. The van der Waals surface area contributed by atoms with Crippen LogP contribution >= 0.6 is 11.3 Å². The molecule has 1 aliphatic rings. The van der Waals surface area contributed by atoms with Crippen LogP contribution in [0, 0.1) is 0 Å². The predicted molar refractivity (Wildman–Crippen MR) is 156 cm³/mol. The van der Waals surface area contributed by atoms with Crippen molar-refractivity contribution in [3.8, 4) is 11.1 Å². The average Bonchev–Trinajstić information content (AvgIpc) is 3.48. The molecule has 0 saturated carbocycles. The zero-order valence-electron chi connectivity index (χ0n) is 21.5. The van der Waals surface area contributed by atoms with Crippen LogP contribution < -0.4 is 15.8 Å². The Kier molecular flexibility index (Phi) is 6.91. The van der Waals surface area contributed by atoms with Crippen molar-refractivity contribution in [1.29, 1.82) is 0 Å². The van der Waals surface area contributed by atoms with Gasteiger partial charge in [-0.2, -0.15) is 0 Å². The molecule has 0 spiro atoms. The molecular weight excluding hydrogens is 508 g/mol. The molecule has 0 bridgehead atoms. The van der Waals surface area contributed by atoms with Crippen LogP contribution in [-0.2, 0) is 4.79 Å². The molecule has 1 aliphatic heterocycles. The van der Waals surface area contributed by atoms with E-state index in [0.717, 1.165) is 37.3 Å². The van der Waals surface area contributed by atoms with Crippen molar-refractivity contribution < 1.29 is 4.79 Å². The van der Waals surface area contributed by atoms with Crippen LogP contribution in [0.3, 0.4) is 0 Å². The minimum atomic E-state index is -0.897. The summed E-state index contributed by atoms with van der Waals surface area (Å²) in [7, 11) is 2.15. The van der Waals surface area contributed by atoms with Gasteiger partial charge in [0.2, 0.25) is 0 Å². The molecule has 1 N–H and O–H groups in total. The summed E-state index contributed by atoms with van der Waals surface area (Å²) in [5.41, 5.74) is 4.14. The Bertz CT molecular complexity index is 1640. The smallest absolute Gasteiger partial charge is 0.262 e. The molecule has 1 unspecified atom stereocenters. The summed E-state index contributed by atoms with van der Waals surface area (Å²) >= 11 is 1.32. The van der Waals surface area contributed by atoms with E-state index in [1.807, 2.05) is 48.5 Å². The topological polar surface area (TPSA) is 83.4 Å². The summed E-state index contributed by atoms with van der Waals surface area (Å²) in [6.45, 7) is 4.13. The third-order valence-electron chi connectivity index (χ3n) is 7.16. The van der Waals surface area contributed by atoms with Crippen LogP contribution in [0.15, 0.2) is 95.5 Å². The number of anilines is 2. The molecule has 196 valence electrons. The van der Waals surface area contributed by atoms with Crippen molar-refractivity contribution in [2.75, 3.05) is 43.4 Å². The van der Waals surface area contributed by atoms with Gasteiger partial charge in [-0.05, 0) is 48.0 Å². The van der Waals surface area contributed by atoms with Gasteiger partial charge in [0.15, 0.2) is 5.13 Å². The molecule has 0 aliphatic carbocycles. The number of likely N-dealkylation sites (N-methyl/N-ethyl adjacent to an activating group) is 1. The number of hydrogen-bond acceptors (Lipinski definition) is 7. The van der Waals surface area contributed by atoms with E-state index in [1.54, 1.807) is 11.6 Å². The molecule has 6 rings (SSSR count). The van der Waals surface area contributed by atoms with E-state index in [0.29, 0.717) is 21.6 Å². The maximum absolute atomic E-state index is 13.8. The molecule has 0 radical (unpaired) electrons. The third kappa shape index (κ3) is 5.19. The molecule has 5 aromatic rings. The minimum absolute atomic E-state index is 0.279. The van der Waals surface area contributed by atoms with Gasteiger partial charge in [0.05, 0.1) is 17.2 Å². The van der Waals surface area contributed by atoms with E-state index in [2.05, 4.69) is 56.4 Å². The highest BCUT2D eigenvalue weighted by Crippen LogP contribution is 2.27. The van der Waals surface area contributed by atoms with Crippen molar-refractivity contribution >= 4 is 39.0 Å². The minimum Gasteiger partial charge on any atom is -0.369 e. The molecule has 8 nitrogen and oxygen atoms in total. The van der Waals surface area contributed by atoms with E-state index in [1.165, 1.54) is 27.9 Å². The summed E-state index contributed by atoms with van der Waals surface area (Å²) in [6.07, 6.45) is 3.08. The fourth-order valence-corrected chi connectivity index (χ4v) is 5.49. The van der Waals surface area contributed by atoms with E-state index >= 15 is 0 Å². The van der Waals surface area contributed by atoms with Crippen molar-refractivity contribution in [3.05, 3.63) is 107 Å². The lowest BCUT2D eigenvalue weighted by Gasteiger charge is -2.34. The monoisotopic (exact) mass is 536 g/mol. The average molecular weight is 537 g/mol. The second kappa shape index (κ2) is 10.8. The summed E-state index contributed by atoms with van der Waals surface area (Å²) in [5.74, 6) is -0.352. The number of amides is 1. The maximum Gasteiger partial charge on any atom is 0.262 e. The molecule has 2 aromatic heterocycles. The largest absolute Gasteiger partial charge is 0.369 e. The number of nitrogens with zero attached hydrogens (tertiary/aromatic N) is 5. The van der Waals surface area contributed by atoms with Crippen LogP contribution in [0.4, 0.5) is 10.8 Å². The van der Waals surface area contributed by atoms with Gasteiger partial charge in [-0.15, -0.1) is 11.3 Å². The van der Waals surface area contributed by atoms with Gasteiger partial charge in [-0.1, -0.05) is 48.5 Å². The number of rotatable bonds is 6. The zero-order chi connectivity index (χ0) is 26.8. The lowest BCUT2D eigenvalue weighted by molar-refractivity contribution is -0.118. The molecule has 39 heavy (non-hydrogen) atoms. The van der Waals surface area contributed by atoms with Crippen LogP contribution in [0.25, 0.3) is 22.0 Å². The van der Waals surface area contributed by atoms with Crippen molar-refractivity contribution in [2.24, 2.45) is 0 Å². The van der Waals surface area contributed by atoms with E-state index in [9.17, 15) is 9.59 Å². The highest BCUT2D eigenvalue weighted by atomic mass is 32.1. The Morgan fingerprint density at radius 3 is 2.38 bits per heavy atom. The normalized spacial score (nSPS) is 14.8. The number of nitrogens with one attached hydrogen (secondary N) is 1. The Morgan fingerprint density at radius 1 is 0.923 bits per heavy atom. The first kappa shape index (κ1) is 25.0. The van der Waals surface area contributed by atoms with Gasteiger partial charge < -0.3 is 9.80 Å². The molecule has 1 fully saturated rings. The van der Waals surface area contributed by atoms with Gasteiger partial charge in [-0.25, -0.2) is 9.97 Å². The Morgan fingerprint density at radius 2 is 1.67 bits per heavy atom. The number of piperazine rings is 1. The number of hydrogen-bond donors (Lipinski definition) is 1. The molecular formula is C30H28N6O2S. The number of thiazole rings is 1. The number of aromatic nitrogens is 3. The van der Waals surface area contributed by atoms with Gasteiger partial charge in [0.25, 0.3) is 11.5 Å². The highest BCUT2D eigenvalue weighted by Gasteiger charge is 2.25. The third-order valence-corrected chi connectivity index (χ3v) is 7.84. The van der Waals surface area contributed by atoms with Crippen LogP contribution in [0.2, 0.25) is 0 Å². The Balaban J connectivity index is 1.35. The Labute approximate surface area is 230 Å². The fraction of sp³-hybridized carbons (Fsp3) is 0.200. The van der Waals surface area contributed by atoms with E-state index < -0.39 is 6.04 Å². The molecule has 1 saturated heterocycles. The highest BCUT2D eigenvalue weighted by molar-refractivity contribution is 7.13. The first-order valence-electron chi connectivity index (χ1n) is 12.9. The molecule has 3 heterocycles. The molecule has 9 heteroatoms. The fourth-order valence-electron chi connectivity index (χ4n) is 4.96.